The second-order valence-electron chi connectivity index (χ2n) is 1.45. The highest BCUT2D eigenvalue weighted by atomic mass is 79.9. The minimum Gasteiger partial charge on any atom is -0.378 e. The van der Waals surface area contributed by atoms with Crippen LogP contribution in [-0.2, 0) is 0 Å². The Kier molecular flexibility index (Phi) is 0.594. The van der Waals surface area contributed by atoms with Crippen LogP contribution in [0.2, 0.25) is 0 Å². The molecule has 10 heavy (non-hydrogen) atoms. The lowest BCUT2D eigenvalue weighted by atomic mass is 10.4. The number of anilines is 1. The van der Waals surface area contributed by atoms with Crippen LogP contribution in [0.3, 0.4) is 0 Å². The maximum atomic E-state index is 7.67. The van der Waals surface area contributed by atoms with Crippen LogP contribution in [0.4, 0.5) is 5.69 Å². The fourth-order valence-electron chi connectivity index (χ4n) is 0.399. The molecule has 2 nitrogen and oxygen atoms in total. The number of hydrogen-bond acceptors (Lipinski definition) is 2. The topological polar surface area (TPSA) is 16.1 Å². The predicted molar refractivity (Wildman–Crippen MR) is 46.3 cm³/mol. The van der Waals surface area contributed by atoms with Crippen molar-refractivity contribution in [1.29, 1.82) is 0 Å². The van der Waals surface area contributed by atoms with Gasteiger partial charge in [-0.25, -0.2) is 4.98 Å². The summed E-state index contributed by atoms with van der Waals surface area (Å²) in [4.78, 5) is 3.50. The summed E-state index contributed by atoms with van der Waals surface area (Å²) >= 11 is 2.84. The molecule has 0 bridgehead atoms. The van der Waals surface area contributed by atoms with Gasteiger partial charge in [0.25, 0.3) is 0 Å². The van der Waals surface area contributed by atoms with E-state index in [4.69, 9.17) is 12.3 Å². The standard InChI is InChI=1S/C7H9BrN2/c1-10(2)6-3-4-9-7(8)5-6/h3-5H,1-2H3/i1D3,2D3,3D,4D,5D. The Morgan fingerprint density at radius 3 is 3.30 bits per heavy atom. The van der Waals surface area contributed by atoms with E-state index in [9.17, 15) is 0 Å². The van der Waals surface area contributed by atoms with Crippen LogP contribution in [-0.4, -0.2) is 18.9 Å². The van der Waals surface area contributed by atoms with Crippen LogP contribution in [0.15, 0.2) is 22.9 Å². The van der Waals surface area contributed by atoms with E-state index in [0.717, 1.165) is 0 Å². The second-order valence-corrected chi connectivity index (χ2v) is 2.20. The van der Waals surface area contributed by atoms with Gasteiger partial charge < -0.3 is 4.90 Å². The minimum absolute atomic E-state index is 0.00907. The Bertz CT molecular complexity index is 455. The van der Waals surface area contributed by atoms with Crippen LogP contribution >= 0.6 is 15.9 Å². The van der Waals surface area contributed by atoms with Gasteiger partial charge in [-0.2, -0.15) is 0 Å². The van der Waals surface area contributed by atoms with Crippen LogP contribution in [0.25, 0.3) is 0 Å². The van der Waals surface area contributed by atoms with Gasteiger partial charge in [-0.3, -0.25) is 0 Å². The van der Waals surface area contributed by atoms with Gasteiger partial charge in [0.15, 0.2) is 0 Å². The molecule has 0 saturated carbocycles. The first-order chi connectivity index (χ1) is 8.37. The maximum absolute atomic E-state index is 7.67. The highest BCUT2D eigenvalue weighted by Gasteiger charge is 1.93. The van der Waals surface area contributed by atoms with E-state index in [2.05, 4.69) is 20.9 Å². The molecular weight excluding hydrogens is 192 g/mol. The number of hydrogen-bond donors (Lipinski definition) is 0. The van der Waals surface area contributed by atoms with Gasteiger partial charge in [0.1, 0.15) is 4.60 Å². The molecule has 0 spiro atoms. The molecule has 0 atom stereocenters. The second kappa shape index (κ2) is 3.01. The van der Waals surface area contributed by atoms with Crippen LogP contribution in [0, 0.1) is 0 Å². The van der Waals surface area contributed by atoms with E-state index in [1.54, 1.807) is 0 Å². The minimum atomic E-state index is -3.08. The average Bonchev–Trinajstić information content (AvgIpc) is 2.17. The molecule has 0 unspecified atom stereocenters. The third-order valence-corrected chi connectivity index (χ3v) is 1.15. The van der Waals surface area contributed by atoms with Gasteiger partial charge in [0, 0.05) is 34.0 Å². The third-order valence-electron chi connectivity index (χ3n) is 0.774. The molecule has 0 aliphatic heterocycles. The first kappa shape index (κ1) is 1.97. The van der Waals surface area contributed by atoms with Crippen LogP contribution in [0.5, 0.6) is 0 Å². The summed E-state index contributed by atoms with van der Waals surface area (Å²) in [6, 6.07) is -1.28. The summed E-state index contributed by atoms with van der Waals surface area (Å²) in [6.45, 7) is -6.16. The largest absolute Gasteiger partial charge is 0.378 e. The Labute approximate surface area is 81.7 Å². The molecule has 1 rings (SSSR count). The van der Waals surface area contributed by atoms with Crippen molar-refractivity contribution in [3.8, 4) is 0 Å². The zero-order chi connectivity index (χ0) is 15.2. The molecule has 0 saturated heterocycles. The van der Waals surface area contributed by atoms with Gasteiger partial charge in [-0.05, 0) is 28.0 Å². The van der Waals surface area contributed by atoms with E-state index in [1.807, 2.05) is 0 Å². The summed E-state index contributed by atoms with van der Waals surface area (Å²) in [6.07, 6.45) is -0.614. The monoisotopic (exact) mass is 209 g/mol. The first-order valence-electron chi connectivity index (χ1n) is 6.81. The summed E-state index contributed by atoms with van der Waals surface area (Å²) in [5.74, 6) is 0. The van der Waals surface area contributed by atoms with Crippen molar-refractivity contribution in [3.05, 3.63) is 22.9 Å². The van der Waals surface area contributed by atoms with Crippen LogP contribution in [0.1, 0.15) is 12.3 Å². The van der Waals surface area contributed by atoms with Gasteiger partial charge >= 0.3 is 0 Å². The summed E-state index contributed by atoms with van der Waals surface area (Å²) in [5, 5.41) is 0. The SMILES string of the molecule is [2H]c1nc(Br)c([2H])c(N(C([2H])([2H])[2H])C([2H])([2H])[2H])c1[2H]. The lowest BCUT2D eigenvalue weighted by Gasteiger charge is -2.11. The third kappa shape index (κ3) is 1.70. The predicted octanol–water partition coefficient (Wildman–Crippen LogP) is 1.91. The van der Waals surface area contributed by atoms with E-state index in [0.29, 0.717) is 0 Å². The smallest absolute Gasteiger partial charge is 0.108 e. The zero-order valence-electron chi connectivity index (χ0n) is 13.8. The first-order valence-corrected chi connectivity index (χ1v) is 3.10. The molecule has 0 N–H and O–H groups in total. The van der Waals surface area contributed by atoms with E-state index >= 15 is 0 Å². The normalized spacial score (nSPS) is 25.1. The lowest BCUT2D eigenvalue weighted by Crippen LogP contribution is -2.08. The molecular formula is C7H9BrN2. The van der Waals surface area contributed by atoms with Gasteiger partial charge in [-0.1, -0.05) is 0 Å². The molecule has 1 heterocycles. The summed E-state index contributed by atoms with van der Waals surface area (Å²) < 4.78 is 66.0. The molecule has 0 amide bonds. The fraction of sp³-hybridized carbons (Fsp3) is 0.286. The molecule has 0 fully saturated rings. The quantitative estimate of drug-likeness (QED) is 0.658. The zero-order valence-corrected chi connectivity index (χ0v) is 6.36. The van der Waals surface area contributed by atoms with Crippen molar-refractivity contribution < 1.29 is 12.3 Å². The molecule has 0 aromatic carbocycles. The average molecular weight is 210 g/mol. The van der Waals surface area contributed by atoms with Crippen molar-refractivity contribution in [2.45, 2.75) is 0 Å². The number of halogens is 1. The Hall–Kier alpha value is -0.570. The molecule has 3 heteroatoms. The number of pyridine rings is 1. The number of nitrogens with zero attached hydrogens (tertiary/aromatic N) is 2. The van der Waals surface area contributed by atoms with Crippen molar-refractivity contribution in [2.75, 3.05) is 18.9 Å². The van der Waals surface area contributed by atoms with Crippen molar-refractivity contribution in [1.82, 2.24) is 4.98 Å². The number of aromatic nitrogens is 1. The molecule has 1 aromatic rings. The van der Waals surface area contributed by atoms with Crippen LogP contribution < -0.4 is 4.90 Å². The lowest BCUT2D eigenvalue weighted by molar-refractivity contribution is 1.11. The summed E-state index contributed by atoms with van der Waals surface area (Å²) in [7, 11) is 0. The van der Waals surface area contributed by atoms with Gasteiger partial charge in [0.2, 0.25) is 0 Å². The number of rotatable bonds is 1. The van der Waals surface area contributed by atoms with E-state index < -0.39 is 37.9 Å². The fourth-order valence-corrected chi connectivity index (χ4v) is 0.675. The highest BCUT2D eigenvalue weighted by Crippen LogP contribution is 2.14. The van der Waals surface area contributed by atoms with Gasteiger partial charge in [-0.15, -0.1) is 0 Å². The molecule has 0 radical (unpaired) electrons. The Morgan fingerprint density at radius 2 is 2.60 bits per heavy atom. The molecule has 0 aliphatic rings. The Balaban J connectivity index is 3.66. The Morgan fingerprint density at radius 1 is 1.80 bits per heavy atom. The highest BCUT2D eigenvalue weighted by molar-refractivity contribution is 9.10. The van der Waals surface area contributed by atoms with E-state index in [-0.39, 0.29) is 9.50 Å². The van der Waals surface area contributed by atoms with Crippen molar-refractivity contribution in [2.24, 2.45) is 0 Å². The van der Waals surface area contributed by atoms with Crippen molar-refractivity contribution in [3.63, 3.8) is 0 Å². The molecule has 0 aliphatic carbocycles. The van der Waals surface area contributed by atoms with Crippen molar-refractivity contribution >= 4 is 21.6 Å². The maximum Gasteiger partial charge on any atom is 0.108 e. The summed E-state index contributed by atoms with van der Waals surface area (Å²) in [5.41, 5.74) is -0.674. The van der Waals surface area contributed by atoms with E-state index in [1.165, 1.54) is 0 Å². The molecule has 1 aromatic heterocycles. The van der Waals surface area contributed by atoms with Gasteiger partial charge in [0.05, 0.1) is 4.11 Å². The molecule has 54 valence electrons.